The van der Waals surface area contributed by atoms with Gasteiger partial charge in [-0.1, -0.05) is 6.07 Å². The second-order valence-corrected chi connectivity index (χ2v) is 3.84. The number of nitrogens with one attached hydrogen (secondary N) is 1. The number of nitrogens with zero attached hydrogens (tertiary/aromatic N) is 2. The molecule has 5 heteroatoms. The monoisotopic (exact) mass is 253 g/mol. The third-order valence-electron chi connectivity index (χ3n) is 1.91. The van der Waals surface area contributed by atoms with E-state index in [1.54, 1.807) is 0 Å². The third-order valence-corrected chi connectivity index (χ3v) is 2.58. The van der Waals surface area contributed by atoms with Gasteiger partial charge in [-0.15, -0.1) is 0 Å². The number of rotatable bonds is 1. The molecule has 1 aromatic heterocycles. The number of aryl methyl sites for hydroxylation is 1. The molecular weight excluding hydrogens is 246 g/mol. The summed E-state index contributed by atoms with van der Waals surface area (Å²) in [7, 11) is 0. The molecule has 1 heterocycles. The Morgan fingerprint density at radius 1 is 1.50 bits per heavy atom. The van der Waals surface area contributed by atoms with Gasteiger partial charge in [-0.25, -0.2) is 14.5 Å². The SMILES string of the molecule is Cc1ccc(Br)c(-n2cn[nH]c2=O)c1. The summed E-state index contributed by atoms with van der Waals surface area (Å²) in [5, 5.41) is 6.02. The van der Waals surface area contributed by atoms with Crippen molar-refractivity contribution < 1.29 is 0 Å². The van der Waals surface area contributed by atoms with Crippen molar-refractivity contribution in [2.75, 3.05) is 0 Å². The summed E-state index contributed by atoms with van der Waals surface area (Å²) in [6.45, 7) is 1.97. The molecule has 0 aliphatic carbocycles. The fourth-order valence-electron chi connectivity index (χ4n) is 1.23. The van der Waals surface area contributed by atoms with Gasteiger partial charge in [-0.3, -0.25) is 0 Å². The maximum atomic E-state index is 11.3. The van der Waals surface area contributed by atoms with Gasteiger partial charge in [0, 0.05) is 4.47 Å². The molecule has 4 nitrogen and oxygen atoms in total. The minimum absolute atomic E-state index is 0.240. The Hall–Kier alpha value is -1.36. The van der Waals surface area contributed by atoms with Gasteiger partial charge in [-0.05, 0) is 40.5 Å². The molecule has 0 saturated carbocycles. The fraction of sp³-hybridized carbons (Fsp3) is 0.111. The molecule has 0 spiro atoms. The molecule has 0 bridgehead atoms. The van der Waals surface area contributed by atoms with Gasteiger partial charge >= 0.3 is 5.69 Å². The molecule has 0 aliphatic rings. The lowest BCUT2D eigenvalue weighted by Crippen LogP contribution is -2.14. The van der Waals surface area contributed by atoms with E-state index in [1.165, 1.54) is 10.9 Å². The zero-order valence-electron chi connectivity index (χ0n) is 7.49. The van der Waals surface area contributed by atoms with E-state index < -0.39 is 0 Å². The van der Waals surface area contributed by atoms with E-state index in [1.807, 2.05) is 25.1 Å². The Bertz CT molecular complexity index is 515. The van der Waals surface area contributed by atoms with E-state index in [-0.39, 0.29) is 5.69 Å². The number of hydrogen-bond donors (Lipinski definition) is 1. The first-order valence-corrected chi connectivity index (χ1v) is 4.86. The van der Waals surface area contributed by atoms with Crippen LogP contribution < -0.4 is 5.69 Å². The van der Waals surface area contributed by atoms with E-state index in [0.717, 1.165) is 15.7 Å². The molecule has 0 amide bonds. The molecule has 0 fully saturated rings. The summed E-state index contributed by atoms with van der Waals surface area (Å²) in [5.41, 5.74) is 1.65. The molecule has 0 atom stereocenters. The van der Waals surface area contributed by atoms with E-state index in [9.17, 15) is 4.79 Å². The average Bonchev–Trinajstić information content (AvgIpc) is 2.56. The number of halogens is 1. The van der Waals surface area contributed by atoms with E-state index in [0.29, 0.717) is 0 Å². The van der Waals surface area contributed by atoms with E-state index >= 15 is 0 Å². The first kappa shape index (κ1) is 9.21. The summed E-state index contributed by atoms with van der Waals surface area (Å²) in [6, 6.07) is 5.80. The Balaban J connectivity index is 2.68. The molecule has 0 saturated heterocycles. The molecule has 2 aromatic rings. The highest BCUT2D eigenvalue weighted by molar-refractivity contribution is 9.10. The molecule has 72 valence electrons. The van der Waals surface area contributed by atoms with Crippen LogP contribution in [-0.4, -0.2) is 14.8 Å². The summed E-state index contributed by atoms with van der Waals surface area (Å²) in [5.74, 6) is 0. The van der Waals surface area contributed by atoms with Crippen LogP contribution in [0.15, 0.2) is 33.8 Å². The highest BCUT2D eigenvalue weighted by Crippen LogP contribution is 2.20. The number of aromatic nitrogens is 3. The normalized spacial score (nSPS) is 10.4. The van der Waals surface area contributed by atoms with Crippen molar-refractivity contribution in [3.8, 4) is 5.69 Å². The predicted molar refractivity (Wildman–Crippen MR) is 56.6 cm³/mol. The Morgan fingerprint density at radius 2 is 2.29 bits per heavy atom. The van der Waals surface area contributed by atoms with Gasteiger partial charge in [0.1, 0.15) is 6.33 Å². The average molecular weight is 254 g/mol. The van der Waals surface area contributed by atoms with Crippen molar-refractivity contribution in [3.05, 3.63) is 45.0 Å². The highest BCUT2D eigenvalue weighted by Gasteiger charge is 2.05. The number of aromatic amines is 1. The quantitative estimate of drug-likeness (QED) is 0.840. The van der Waals surface area contributed by atoms with Crippen LogP contribution in [0.5, 0.6) is 0 Å². The maximum absolute atomic E-state index is 11.3. The largest absolute Gasteiger partial charge is 0.347 e. The van der Waals surface area contributed by atoms with Crippen molar-refractivity contribution in [3.63, 3.8) is 0 Å². The molecule has 14 heavy (non-hydrogen) atoms. The second-order valence-electron chi connectivity index (χ2n) is 2.99. The predicted octanol–water partition coefficient (Wildman–Crippen LogP) is 1.63. The molecule has 0 aliphatic heterocycles. The first-order chi connectivity index (χ1) is 6.68. The van der Waals surface area contributed by atoms with Crippen LogP contribution in [0.1, 0.15) is 5.56 Å². The van der Waals surface area contributed by atoms with Crippen molar-refractivity contribution in [1.29, 1.82) is 0 Å². The second kappa shape index (κ2) is 3.42. The van der Waals surface area contributed by atoms with Crippen molar-refractivity contribution in [1.82, 2.24) is 14.8 Å². The van der Waals surface area contributed by atoms with Gasteiger partial charge in [0.2, 0.25) is 0 Å². The molecular formula is C9H8BrN3O. The van der Waals surface area contributed by atoms with Gasteiger partial charge < -0.3 is 0 Å². The zero-order chi connectivity index (χ0) is 10.1. The number of H-pyrrole nitrogens is 1. The van der Waals surface area contributed by atoms with Gasteiger partial charge in [0.25, 0.3) is 0 Å². The van der Waals surface area contributed by atoms with Crippen LogP contribution >= 0.6 is 15.9 Å². The van der Waals surface area contributed by atoms with Crippen LogP contribution in [0.4, 0.5) is 0 Å². The third kappa shape index (κ3) is 1.50. The molecule has 1 aromatic carbocycles. The Morgan fingerprint density at radius 3 is 2.93 bits per heavy atom. The highest BCUT2D eigenvalue weighted by atomic mass is 79.9. The lowest BCUT2D eigenvalue weighted by molar-refractivity contribution is 0.975. The molecule has 0 unspecified atom stereocenters. The van der Waals surface area contributed by atoms with E-state index in [4.69, 9.17) is 0 Å². The zero-order valence-corrected chi connectivity index (χ0v) is 9.08. The van der Waals surface area contributed by atoms with Crippen molar-refractivity contribution in [2.45, 2.75) is 6.92 Å². The van der Waals surface area contributed by atoms with Gasteiger partial charge in [0.15, 0.2) is 0 Å². The van der Waals surface area contributed by atoms with Crippen LogP contribution in [0, 0.1) is 6.92 Å². The van der Waals surface area contributed by atoms with Gasteiger partial charge in [-0.2, -0.15) is 5.10 Å². The van der Waals surface area contributed by atoms with Crippen LogP contribution in [0.25, 0.3) is 5.69 Å². The Labute approximate surface area is 88.7 Å². The van der Waals surface area contributed by atoms with Crippen molar-refractivity contribution >= 4 is 15.9 Å². The summed E-state index contributed by atoms with van der Waals surface area (Å²) >= 11 is 3.38. The standard InChI is InChI=1S/C9H8BrN3O/c1-6-2-3-7(10)8(4-6)13-5-11-12-9(13)14/h2-5H,1H3,(H,12,14). The summed E-state index contributed by atoms with van der Waals surface area (Å²) in [6.07, 6.45) is 1.46. The van der Waals surface area contributed by atoms with E-state index in [2.05, 4.69) is 26.1 Å². The lowest BCUT2D eigenvalue weighted by atomic mass is 10.2. The molecule has 0 radical (unpaired) electrons. The van der Waals surface area contributed by atoms with Crippen LogP contribution in [0.3, 0.4) is 0 Å². The summed E-state index contributed by atoms with van der Waals surface area (Å²) in [4.78, 5) is 11.3. The topological polar surface area (TPSA) is 50.7 Å². The Kier molecular flexibility index (Phi) is 2.25. The molecule has 1 N–H and O–H groups in total. The maximum Gasteiger partial charge on any atom is 0.347 e. The molecule has 2 rings (SSSR count). The number of benzene rings is 1. The fourth-order valence-corrected chi connectivity index (χ4v) is 1.66. The number of hydrogen-bond acceptors (Lipinski definition) is 2. The first-order valence-electron chi connectivity index (χ1n) is 4.07. The van der Waals surface area contributed by atoms with Gasteiger partial charge in [0.05, 0.1) is 5.69 Å². The smallest absolute Gasteiger partial charge is 0.249 e. The minimum Gasteiger partial charge on any atom is -0.249 e. The van der Waals surface area contributed by atoms with Crippen LogP contribution in [0.2, 0.25) is 0 Å². The van der Waals surface area contributed by atoms with Crippen LogP contribution in [-0.2, 0) is 0 Å². The summed E-state index contributed by atoms with van der Waals surface area (Å²) < 4.78 is 2.32. The minimum atomic E-state index is -0.240. The lowest BCUT2D eigenvalue weighted by Gasteiger charge is -2.04. The van der Waals surface area contributed by atoms with Crippen molar-refractivity contribution in [2.24, 2.45) is 0 Å².